The molecule has 0 spiro atoms. The van der Waals surface area contributed by atoms with Crippen molar-refractivity contribution >= 4 is 40.0 Å². The van der Waals surface area contributed by atoms with Crippen LogP contribution in [0.2, 0.25) is 0 Å². The summed E-state index contributed by atoms with van der Waals surface area (Å²) in [5.74, 6) is 0.532. The number of aromatic nitrogens is 4. The molecule has 10 heteroatoms. The topological polar surface area (TPSA) is 102 Å². The van der Waals surface area contributed by atoms with Gasteiger partial charge in [-0.1, -0.05) is 29.5 Å². The van der Waals surface area contributed by atoms with E-state index < -0.39 is 0 Å². The number of carbonyl (C=O) groups is 2. The summed E-state index contributed by atoms with van der Waals surface area (Å²) in [5, 5.41) is 17.3. The van der Waals surface area contributed by atoms with Crippen LogP contribution in [0.1, 0.15) is 47.3 Å². The summed E-state index contributed by atoms with van der Waals surface area (Å²) >= 11 is 2.70. The van der Waals surface area contributed by atoms with E-state index in [0.29, 0.717) is 28.2 Å². The van der Waals surface area contributed by atoms with Gasteiger partial charge in [-0.2, -0.15) is 0 Å². The van der Waals surface area contributed by atoms with E-state index in [4.69, 9.17) is 0 Å². The monoisotopic (exact) mass is 444 g/mol. The average molecular weight is 445 g/mol. The number of carbonyl (C=O) groups excluding carboxylic acids is 2. The number of anilines is 1. The van der Waals surface area contributed by atoms with Crippen molar-refractivity contribution < 1.29 is 9.59 Å². The van der Waals surface area contributed by atoms with Crippen molar-refractivity contribution in [3.63, 3.8) is 0 Å². The third-order valence-electron chi connectivity index (χ3n) is 4.27. The van der Waals surface area contributed by atoms with Crippen molar-refractivity contribution in [2.24, 2.45) is 0 Å². The molecule has 0 aliphatic carbocycles. The third-order valence-corrected chi connectivity index (χ3v) is 6.12. The summed E-state index contributed by atoms with van der Waals surface area (Å²) in [4.78, 5) is 29.0. The number of aryl methyl sites for hydroxylation is 2. The van der Waals surface area contributed by atoms with Crippen LogP contribution in [0.3, 0.4) is 0 Å². The number of hydrogen-bond donors (Lipinski definition) is 2. The molecule has 0 saturated carbocycles. The van der Waals surface area contributed by atoms with E-state index in [0.717, 1.165) is 11.3 Å². The molecule has 30 heavy (non-hydrogen) atoms. The van der Waals surface area contributed by atoms with Crippen LogP contribution in [0, 0.1) is 13.8 Å². The summed E-state index contributed by atoms with van der Waals surface area (Å²) in [6.45, 7) is 8.30. The number of thioether (sulfide) groups is 1. The fourth-order valence-electron chi connectivity index (χ4n) is 2.85. The molecule has 158 valence electrons. The molecule has 0 radical (unpaired) electrons. The summed E-state index contributed by atoms with van der Waals surface area (Å²) in [5.41, 5.74) is 2.50. The van der Waals surface area contributed by atoms with Crippen LogP contribution in [0.4, 0.5) is 5.13 Å². The number of nitrogens with zero attached hydrogens (tertiary/aromatic N) is 4. The highest BCUT2D eigenvalue weighted by Gasteiger charge is 2.20. The predicted octanol–water partition coefficient (Wildman–Crippen LogP) is 3.59. The Labute approximate surface area is 183 Å². The van der Waals surface area contributed by atoms with Gasteiger partial charge in [-0.3, -0.25) is 9.59 Å². The van der Waals surface area contributed by atoms with Crippen LogP contribution in [0.5, 0.6) is 0 Å². The zero-order valence-electron chi connectivity index (χ0n) is 17.3. The Morgan fingerprint density at radius 2 is 2.07 bits per heavy atom. The summed E-state index contributed by atoms with van der Waals surface area (Å²) < 4.78 is 1.91. The Balaban J connectivity index is 1.62. The molecule has 0 aliphatic rings. The molecule has 0 saturated heterocycles. The molecule has 3 aromatic rings. The molecule has 0 fully saturated rings. The van der Waals surface area contributed by atoms with E-state index in [1.165, 1.54) is 23.1 Å². The van der Waals surface area contributed by atoms with Crippen molar-refractivity contribution in [2.45, 2.75) is 45.4 Å². The van der Waals surface area contributed by atoms with Crippen LogP contribution in [0.25, 0.3) is 0 Å². The first-order valence-electron chi connectivity index (χ1n) is 9.52. The number of nitrogens with one attached hydrogen (secondary N) is 2. The second kappa shape index (κ2) is 9.86. The first kappa shape index (κ1) is 22.0. The number of rotatable bonds is 8. The molecular formula is C20H24N6O2S2. The van der Waals surface area contributed by atoms with Gasteiger partial charge in [0.2, 0.25) is 5.91 Å². The molecule has 3 rings (SSSR count). The van der Waals surface area contributed by atoms with Crippen LogP contribution in [0.15, 0.2) is 34.8 Å². The summed E-state index contributed by atoms with van der Waals surface area (Å²) in [7, 11) is 0. The lowest BCUT2D eigenvalue weighted by molar-refractivity contribution is -0.113. The van der Waals surface area contributed by atoms with Gasteiger partial charge in [-0.05, 0) is 39.8 Å². The van der Waals surface area contributed by atoms with Crippen molar-refractivity contribution in [2.75, 3.05) is 11.1 Å². The van der Waals surface area contributed by atoms with Crippen molar-refractivity contribution in [1.29, 1.82) is 0 Å². The van der Waals surface area contributed by atoms with E-state index in [9.17, 15) is 9.59 Å². The highest BCUT2D eigenvalue weighted by Crippen LogP contribution is 2.22. The minimum Gasteiger partial charge on any atom is -0.342 e. The molecule has 2 aromatic heterocycles. The standard InChI is InChI=1S/C20H24N6O2S2/c1-5-26-17(14(4)22-18(28)15-8-6-7-12(2)9-15)24-25-20(26)30-11-16(27)23-19-21-13(3)10-29-19/h6-10,14H,5,11H2,1-4H3,(H,22,28)(H,21,23,27)/t14-/m1/s1. The van der Waals surface area contributed by atoms with E-state index in [-0.39, 0.29) is 23.6 Å². The molecule has 0 unspecified atom stereocenters. The molecule has 8 nitrogen and oxygen atoms in total. The van der Waals surface area contributed by atoms with Gasteiger partial charge < -0.3 is 15.2 Å². The SMILES string of the molecule is CCn1c(SCC(=O)Nc2nc(C)cs2)nnc1[C@@H](C)NC(=O)c1cccc(C)c1. The minimum absolute atomic E-state index is 0.151. The van der Waals surface area contributed by atoms with Gasteiger partial charge in [0, 0.05) is 17.5 Å². The lowest BCUT2D eigenvalue weighted by Gasteiger charge is -2.15. The summed E-state index contributed by atoms with van der Waals surface area (Å²) in [6, 6.07) is 7.10. The van der Waals surface area contributed by atoms with E-state index in [1.807, 2.05) is 55.8 Å². The fourth-order valence-corrected chi connectivity index (χ4v) is 4.37. The Morgan fingerprint density at radius 3 is 2.73 bits per heavy atom. The number of thiazole rings is 1. The van der Waals surface area contributed by atoms with Crippen LogP contribution in [-0.2, 0) is 11.3 Å². The smallest absolute Gasteiger partial charge is 0.251 e. The number of hydrogen-bond acceptors (Lipinski definition) is 7. The predicted molar refractivity (Wildman–Crippen MR) is 119 cm³/mol. The first-order chi connectivity index (χ1) is 14.4. The fraction of sp³-hybridized carbons (Fsp3) is 0.350. The highest BCUT2D eigenvalue weighted by atomic mass is 32.2. The quantitative estimate of drug-likeness (QED) is 0.515. The zero-order chi connectivity index (χ0) is 21.7. The average Bonchev–Trinajstić information content (AvgIpc) is 3.31. The first-order valence-corrected chi connectivity index (χ1v) is 11.4. The number of amides is 2. The lowest BCUT2D eigenvalue weighted by atomic mass is 10.1. The maximum Gasteiger partial charge on any atom is 0.251 e. The maximum absolute atomic E-state index is 12.5. The molecule has 1 atom stereocenters. The van der Waals surface area contributed by atoms with Gasteiger partial charge in [0.1, 0.15) is 0 Å². The van der Waals surface area contributed by atoms with Crippen molar-refractivity contribution in [3.05, 3.63) is 52.3 Å². The van der Waals surface area contributed by atoms with Crippen LogP contribution < -0.4 is 10.6 Å². The Bertz CT molecular complexity index is 1050. The molecule has 2 N–H and O–H groups in total. The molecule has 2 heterocycles. The lowest BCUT2D eigenvalue weighted by Crippen LogP contribution is -2.28. The normalized spacial score (nSPS) is 11.9. The van der Waals surface area contributed by atoms with Gasteiger partial charge in [-0.25, -0.2) is 4.98 Å². The third kappa shape index (κ3) is 5.45. The van der Waals surface area contributed by atoms with E-state index in [1.54, 1.807) is 6.07 Å². The second-order valence-corrected chi connectivity index (χ2v) is 8.58. The number of benzene rings is 1. The molecule has 1 aromatic carbocycles. The molecular weight excluding hydrogens is 420 g/mol. The largest absolute Gasteiger partial charge is 0.342 e. The Kier molecular flexibility index (Phi) is 7.22. The van der Waals surface area contributed by atoms with E-state index in [2.05, 4.69) is 25.8 Å². The molecule has 2 amide bonds. The zero-order valence-corrected chi connectivity index (χ0v) is 18.9. The van der Waals surface area contributed by atoms with Gasteiger partial charge in [0.15, 0.2) is 16.1 Å². The second-order valence-electron chi connectivity index (χ2n) is 6.78. The maximum atomic E-state index is 12.5. The van der Waals surface area contributed by atoms with E-state index >= 15 is 0 Å². The summed E-state index contributed by atoms with van der Waals surface area (Å²) in [6.07, 6.45) is 0. The van der Waals surface area contributed by atoms with Crippen LogP contribution >= 0.6 is 23.1 Å². The highest BCUT2D eigenvalue weighted by molar-refractivity contribution is 7.99. The minimum atomic E-state index is -0.327. The molecule has 0 aliphatic heterocycles. The Hall–Kier alpha value is -2.72. The van der Waals surface area contributed by atoms with Gasteiger partial charge in [0.25, 0.3) is 5.91 Å². The van der Waals surface area contributed by atoms with Gasteiger partial charge >= 0.3 is 0 Å². The Morgan fingerprint density at radius 1 is 1.27 bits per heavy atom. The van der Waals surface area contributed by atoms with Crippen molar-refractivity contribution in [1.82, 2.24) is 25.1 Å². The van der Waals surface area contributed by atoms with Crippen LogP contribution in [-0.4, -0.2) is 37.3 Å². The van der Waals surface area contributed by atoms with Gasteiger partial charge in [0.05, 0.1) is 17.5 Å². The van der Waals surface area contributed by atoms with Crippen molar-refractivity contribution in [3.8, 4) is 0 Å². The van der Waals surface area contributed by atoms with Gasteiger partial charge in [-0.15, -0.1) is 21.5 Å². The molecule has 0 bridgehead atoms.